The lowest BCUT2D eigenvalue weighted by Gasteiger charge is -2.02. The average molecular weight is 208 g/mol. The predicted molar refractivity (Wildman–Crippen MR) is 56.5 cm³/mol. The van der Waals surface area contributed by atoms with Crippen LogP contribution in [0.25, 0.3) is 0 Å². The first-order valence-corrected chi connectivity index (χ1v) is 4.89. The van der Waals surface area contributed by atoms with Gasteiger partial charge in [0.1, 0.15) is 0 Å². The summed E-state index contributed by atoms with van der Waals surface area (Å²) >= 11 is 5.10. The van der Waals surface area contributed by atoms with E-state index in [0.29, 0.717) is 0 Å². The second-order valence-corrected chi connectivity index (χ2v) is 3.54. The summed E-state index contributed by atoms with van der Waals surface area (Å²) in [6, 6.07) is 2.02. The number of aromatic amines is 1. The van der Waals surface area contributed by atoms with Gasteiger partial charge < -0.3 is 9.55 Å². The lowest BCUT2D eigenvalue weighted by Crippen LogP contribution is -2.04. The fraction of sp³-hybridized carbons (Fsp3) is 0.333. The van der Waals surface area contributed by atoms with E-state index < -0.39 is 0 Å². The van der Waals surface area contributed by atoms with Crippen molar-refractivity contribution in [3.63, 3.8) is 0 Å². The van der Waals surface area contributed by atoms with Crippen molar-refractivity contribution in [2.75, 3.05) is 0 Å². The molecule has 0 saturated heterocycles. The van der Waals surface area contributed by atoms with Gasteiger partial charge in [0.2, 0.25) is 0 Å². The van der Waals surface area contributed by atoms with Crippen LogP contribution in [0.3, 0.4) is 0 Å². The number of nitrogens with zero attached hydrogens (tertiary/aromatic N) is 3. The molecular weight excluding hydrogens is 196 g/mol. The zero-order valence-electron chi connectivity index (χ0n) is 7.97. The Morgan fingerprint density at radius 2 is 2.43 bits per heavy atom. The molecule has 0 atom stereocenters. The monoisotopic (exact) mass is 208 g/mol. The van der Waals surface area contributed by atoms with Crippen LogP contribution >= 0.6 is 12.2 Å². The SMILES string of the molecule is Cn1nccc1CCn1cc[nH]c1=S. The van der Waals surface area contributed by atoms with Gasteiger partial charge in [-0.25, -0.2) is 0 Å². The van der Waals surface area contributed by atoms with Gasteiger partial charge in [-0.2, -0.15) is 5.10 Å². The molecule has 1 N–H and O–H groups in total. The van der Waals surface area contributed by atoms with Crippen LogP contribution < -0.4 is 0 Å². The Labute approximate surface area is 87.2 Å². The summed E-state index contributed by atoms with van der Waals surface area (Å²) in [6.07, 6.45) is 6.57. The number of hydrogen-bond acceptors (Lipinski definition) is 2. The van der Waals surface area contributed by atoms with Crippen LogP contribution in [0, 0.1) is 4.77 Å². The average Bonchev–Trinajstić information content (AvgIpc) is 2.72. The molecule has 2 rings (SSSR count). The molecule has 0 aliphatic carbocycles. The summed E-state index contributed by atoms with van der Waals surface area (Å²) in [5.74, 6) is 0. The van der Waals surface area contributed by atoms with Gasteiger partial charge in [0.15, 0.2) is 4.77 Å². The highest BCUT2D eigenvalue weighted by Gasteiger charge is 1.99. The van der Waals surface area contributed by atoms with Crippen LogP contribution in [-0.2, 0) is 20.0 Å². The summed E-state index contributed by atoms with van der Waals surface area (Å²) in [5, 5.41) is 4.11. The smallest absolute Gasteiger partial charge is 0.177 e. The number of H-pyrrole nitrogens is 1. The minimum absolute atomic E-state index is 0.771. The second kappa shape index (κ2) is 3.79. The molecule has 5 heteroatoms. The summed E-state index contributed by atoms with van der Waals surface area (Å²) in [6.45, 7) is 0.891. The first-order valence-electron chi connectivity index (χ1n) is 4.48. The van der Waals surface area contributed by atoms with Gasteiger partial charge in [0, 0.05) is 44.3 Å². The molecule has 2 heterocycles. The van der Waals surface area contributed by atoms with Crippen LogP contribution in [0.4, 0.5) is 0 Å². The Hall–Kier alpha value is -1.36. The summed E-state index contributed by atoms with van der Waals surface area (Å²) in [5.41, 5.74) is 1.22. The Morgan fingerprint density at radius 1 is 1.57 bits per heavy atom. The number of aryl methyl sites for hydroxylation is 3. The summed E-state index contributed by atoms with van der Waals surface area (Å²) in [4.78, 5) is 2.97. The number of nitrogens with one attached hydrogen (secondary N) is 1. The van der Waals surface area contributed by atoms with Crippen molar-refractivity contribution in [3.05, 3.63) is 35.1 Å². The molecule has 0 fully saturated rings. The second-order valence-electron chi connectivity index (χ2n) is 3.15. The Kier molecular flexibility index (Phi) is 2.49. The first-order chi connectivity index (χ1) is 6.77. The highest BCUT2D eigenvalue weighted by Crippen LogP contribution is 2.00. The van der Waals surface area contributed by atoms with E-state index in [1.807, 2.05) is 41.0 Å². The third-order valence-electron chi connectivity index (χ3n) is 2.25. The first kappa shape index (κ1) is 9.21. The lowest BCUT2D eigenvalue weighted by atomic mass is 10.3. The third-order valence-corrected chi connectivity index (χ3v) is 2.61. The zero-order valence-corrected chi connectivity index (χ0v) is 8.79. The van der Waals surface area contributed by atoms with Crippen LogP contribution in [0.2, 0.25) is 0 Å². The molecule has 2 aromatic rings. The molecule has 0 amide bonds. The van der Waals surface area contributed by atoms with Crippen LogP contribution in [0.1, 0.15) is 5.69 Å². The topological polar surface area (TPSA) is 38.5 Å². The van der Waals surface area contributed by atoms with Crippen molar-refractivity contribution in [1.29, 1.82) is 0 Å². The van der Waals surface area contributed by atoms with E-state index in [-0.39, 0.29) is 0 Å². The molecule has 0 unspecified atom stereocenters. The molecule has 0 saturated carbocycles. The minimum Gasteiger partial charge on any atom is -0.337 e. The highest BCUT2D eigenvalue weighted by molar-refractivity contribution is 7.71. The van der Waals surface area contributed by atoms with Crippen molar-refractivity contribution in [1.82, 2.24) is 19.3 Å². The quantitative estimate of drug-likeness (QED) is 0.777. The molecule has 0 radical (unpaired) electrons. The maximum atomic E-state index is 5.10. The van der Waals surface area contributed by atoms with Crippen molar-refractivity contribution in [2.45, 2.75) is 13.0 Å². The number of aromatic nitrogens is 4. The molecule has 74 valence electrons. The molecule has 0 bridgehead atoms. The molecule has 0 aliphatic rings. The number of imidazole rings is 1. The summed E-state index contributed by atoms with van der Waals surface area (Å²) in [7, 11) is 1.95. The van der Waals surface area contributed by atoms with Gasteiger partial charge in [-0.15, -0.1) is 0 Å². The van der Waals surface area contributed by atoms with E-state index in [2.05, 4.69) is 10.1 Å². The minimum atomic E-state index is 0.771. The molecular formula is C9H12N4S. The van der Waals surface area contributed by atoms with Crippen LogP contribution in [0.5, 0.6) is 0 Å². The number of rotatable bonds is 3. The Morgan fingerprint density at radius 3 is 3.00 bits per heavy atom. The van der Waals surface area contributed by atoms with E-state index in [9.17, 15) is 0 Å². The highest BCUT2D eigenvalue weighted by atomic mass is 32.1. The van der Waals surface area contributed by atoms with E-state index in [1.54, 1.807) is 0 Å². The van der Waals surface area contributed by atoms with Gasteiger partial charge in [-0.05, 0) is 18.3 Å². The van der Waals surface area contributed by atoms with E-state index in [0.717, 1.165) is 17.7 Å². The third kappa shape index (κ3) is 1.77. The molecule has 4 nitrogen and oxygen atoms in total. The standard InChI is InChI=1S/C9H12N4S/c1-12-8(2-4-11-12)3-6-13-7-5-10-9(13)14/h2,4-5,7H,3,6H2,1H3,(H,10,14). The van der Waals surface area contributed by atoms with E-state index >= 15 is 0 Å². The van der Waals surface area contributed by atoms with E-state index in [1.165, 1.54) is 5.69 Å². The molecule has 0 aliphatic heterocycles. The fourth-order valence-corrected chi connectivity index (χ4v) is 1.63. The van der Waals surface area contributed by atoms with Gasteiger partial charge >= 0.3 is 0 Å². The molecule has 0 spiro atoms. The zero-order chi connectivity index (χ0) is 9.97. The number of hydrogen-bond donors (Lipinski definition) is 1. The van der Waals surface area contributed by atoms with E-state index in [4.69, 9.17) is 12.2 Å². The van der Waals surface area contributed by atoms with Crippen molar-refractivity contribution >= 4 is 12.2 Å². The molecule has 14 heavy (non-hydrogen) atoms. The van der Waals surface area contributed by atoms with Crippen molar-refractivity contribution in [2.24, 2.45) is 7.05 Å². The predicted octanol–water partition coefficient (Wildman–Crippen LogP) is 1.52. The largest absolute Gasteiger partial charge is 0.337 e. The maximum absolute atomic E-state index is 5.10. The fourth-order valence-electron chi connectivity index (χ4n) is 1.41. The van der Waals surface area contributed by atoms with Crippen molar-refractivity contribution < 1.29 is 0 Å². The molecule has 0 aromatic carbocycles. The summed E-state index contributed by atoms with van der Waals surface area (Å²) < 4.78 is 4.67. The lowest BCUT2D eigenvalue weighted by molar-refractivity contribution is 0.632. The van der Waals surface area contributed by atoms with Gasteiger partial charge in [-0.1, -0.05) is 0 Å². The van der Waals surface area contributed by atoms with Gasteiger partial charge in [0.25, 0.3) is 0 Å². The van der Waals surface area contributed by atoms with Gasteiger partial charge in [0.05, 0.1) is 0 Å². The van der Waals surface area contributed by atoms with Gasteiger partial charge in [-0.3, -0.25) is 4.68 Å². The Bertz CT molecular complexity index is 465. The van der Waals surface area contributed by atoms with Crippen LogP contribution in [0.15, 0.2) is 24.7 Å². The van der Waals surface area contributed by atoms with Crippen LogP contribution in [-0.4, -0.2) is 19.3 Å². The Balaban J connectivity index is 2.05. The van der Waals surface area contributed by atoms with Crippen molar-refractivity contribution in [3.8, 4) is 0 Å². The maximum Gasteiger partial charge on any atom is 0.177 e. The molecule has 2 aromatic heterocycles. The normalized spacial score (nSPS) is 10.6.